The molecule has 0 bridgehead atoms. The summed E-state index contributed by atoms with van der Waals surface area (Å²) >= 11 is 1.27. The molecule has 1 amide bonds. The fourth-order valence-corrected chi connectivity index (χ4v) is 5.06. The molecule has 5 heteroatoms. The first kappa shape index (κ1) is 18.4. The quantitative estimate of drug-likeness (QED) is 0.618. The second-order valence-electron chi connectivity index (χ2n) is 7.38. The van der Waals surface area contributed by atoms with Crippen LogP contribution in [-0.4, -0.2) is 17.0 Å². The van der Waals surface area contributed by atoms with Crippen molar-refractivity contribution in [1.82, 2.24) is 0 Å². The number of benzene rings is 2. The van der Waals surface area contributed by atoms with Crippen LogP contribution in [0.5, 0.6) is 0 Å². The maximum absolute atomic E-state index is 12.6. The standard InChI is InChI=1S/C23H21NO3S/c1-12-5-8-15(9-6-12)19-20-21(28-22(19)23(26)27)17(11-18(25)24-20)16-10-13(2)4-7-14(16)3/h4-10,17H,11H2,1-3H3,(H,24,25)(H,26,27). The fourth-order valence-electron chi connectivity index (χ4n) is 3.82. The van der Waals surface area contributed by atoms with Crippen molar-refractivity contribution in [2.75, 3.05) is 5.32 Å². The molecule has 2 aromatic carbocycles. The third kappa shape index (κ3) is 3.12. The average molecular weight is 391 g/mol. The number of carboxylic acids is 1. The molecular formula is C23H21NO3S. The van der Waals surface area contributed by atoms with Gasteiger partial charge in [-0.2, -0.15) is 0 Å². The Balaban J connectivity index is 1.96. The van der Waals surface area contributed by atoms with Gasteiger partial charge < -0.3 is 10.4 Å². The van der Waals surface area contributed by atoms with Gasteiger partial charge in [-0.05, 0) is 37.5 Å². The van der Waals surface area contributed by atoms with Crippen LogP contribution in [0.2, 0.25) is 0 Å². The van der Waals surface area contributed by atoms with E-state index < -0.39 is 5.97 Å². The van der Waals surface area contributed by atoms with Crippen LogP contribution in [0.4, 0.5) is 5.69 Å². The largest absolute Gasteiger partial charge is 0.477 e. The monoisotopic (exact) mass is 391 g/mol. The highest BCUT2D eigenvalue weighted by Gasteiger charge is 2.35. The van der Waals surface area contributed by atoms with Gasteiger partial charge in [0.2, 0.25) is 5.91 Å². The summed E-state index contributed by atoms with van der Waals surface area (Å²) < 4.78 is 0. The summed E-state index contributed by atoms with van der Waals surface area (Å²) in [7, 11) is 0. The Morgan fingerprint density at radius 3 is 2.43 bits per heavy atom. The molecule has 0 aliphatic carbocycles. The van der Waals surface area contributed by atoms with Crippen LogP contribution in [0.25, 0.3) is 11.1 Å². The average Bonchev–Trinajstić information content (AvgIpc) is 3.03. The first-order chi connectivity index (χ1) is 13.3. The van der Waals surface area contributed by atoms with Crippen LogP contribution in [0, 0.1) is 20.8 Å². The second kappa shape index (κ2) is 6.91. The number of nitrogens with one attached hydrogen (secondary N) is 1. The number of anilines is 1. The molecule has 4 rings (SSSR count). The summed E-state index contributed by atoms with van der Waals surface area (Å²) in [5.74, 6) is -1.18. The van der Waals surface area contributed by atoms with Crippen molar-refractivity contribution in [1.29, 1.82) is 0 Å². The van der Waals surface area contributed by atoms with Crippen LogP contribution in [0.15, 0.2) is 42.5 Å². The molecule has 1 aliphatic rings. The SMILES string of the molecule is Cc1ccc(-c2c(C(=O)O)sc3c2NC(=O)CC3c2cc(C)ccc2C)cc1. The Labute approximate surface area is 167 Å². The van der Waals surface area contributed by atoms with E-state index in [1.807, 2.05) is 45.0 Å². The third-order valence-electron chi connectivity index (χ3n) is 5.25. The van der Waals surface area contributed by atoms with Crippen LogP contribution >= 0.6 is 11.3 Å². The molecule has 1 unspecified atom stereocenters. The number of carbonyl (C=O) groups excluding carboxylic acids is 1. The number of fused-ring (bicyclic) bond motifs is 1. The minimum absolute atomic E-state index is 0.0819. The van der Waals surface area contributed by atoms with Crippen LogP contribution in [-0.2, 0) is 4.79 Å². The van der Waals surface area contributed by atoms with Gasteiger partial charge >= 0.3 is 5.97 Å². The van der Waals surface area contributed by atoms with Crippen molar-refractivity contribution in [2.24, 2.45) is 0 Å². The molecule has 0 fully saturated rings. The van der Waals surface area contributed by atoms with E-state index in [1.165, 1.54) is 11.3 Å². The molecule has 3 aromatic rings. The van der Waals surface area contributed by atoms with Gasteiger partial charge in [-0.15, -0.1) is 11.3 Å². The number of hydrogen-bond donors (Lipinski definition) is 2. The molecule has 0 spiro atoms. The number of carbonyl (C=O) groups is 2. The van der Waals surface area contributed by atoms with E-state index in [-0.39, 0.29) is 16.7 Å². The molecule has 2 N–H and O–H groups in total. The lowest BCUT2D eigenvalue weighted by Crippen LogP contribution is -2.23. The zero-order valence-electron chi connectivity index (χ0n) is 16.0. The van der Waals surface area contributed by atoms with Gasteiger partial charge in [0.05, 0.1) is 5.69 Å². The molecule has 142 valence electrons. The van der Waals surface area contributed by atoms with Crippen LogP contribution < -0.4 is 5.32 Å². The predicted molar refractivity (Wildman–Crippen MR) is 112 cm³/mol. The van der Waals surface area contributed by atoms with E-state index in [0.717, 1.165) is 32.7 Å². The Morgan fingerprint density at radius 2 is 1.75 bits per heavy atom. The van der Waals surface area contributed by atoms with Crippen LogP contribution in [0.3, 0.4) is 0 Å². The van der Waals surface area contributed by atoms with E-state index in [0.29, 0.717) is 17.7 Å². The molecule has 1 aromatic heterocycles. The molecule has 1 atom stereocenters. The minimum atomic E-state index is -0.969. The number of aromatic carboxylic acids is 1. The second-order valence-corrected chi connectivity index (χ2v) is 8.43. The van der Waals surface area contributed by atoms with Crippen molar-refractivity contribution in [3.05, 3.63) is 74.5 Å². The normalized spacial score (nSPS) is 15.8. The predicted octanol–water partition coefficient (Wildman–Crippen LogP) is 5.51. The summed E-state index contributed by atoms with van der Waals surface area (Å²) in [6.45, 7) is 6.05. The molecule has 0 saturated heterocycles. The number of hydrogen-bond acceptors (Lipinski definition) is 3. The number of amides is 1. The highest BCUT2D eigenvalue weighted by atomic mass is 32.1. The van der Waals surface area contributed by atoms with Crippen molar-refractivity contribution >= 4 is 28.9 Å². The molecule has 1 aliphatic heterocycles. The lowest BCUT2D eigenvalue weighted by atomic mass is 9.85. The van der Waals surface area contributed by atoms with E-state index in [9.17, 15) is 14.7 Å². The molecule has 0 saturated carbocycles. The van der Waals surface area contributed by atoms with E-state index in [2.05, 4.69) is 23.5 Å². The summed E-state index contributed by atoms with van der Waals surface area (Å²) in [5.41, 5.74) is 6.48. The van der Waals surface area contributed by atoms with Crippen molar-refractivity contribution in [2.45, 2.75) is 33.1 Å². The molecule has 0 radical (unpaired) electrons. The van der Waals surface area contributed by atoms with Gasteiger partial charge in [0.1, 0.15) is 4.88 Å². The number of carboxylic acid groups (broad SMARTS) is 1. The highest BCUT2D eigenvalue weighted by Crippen LogP contribution is 2.49. The van der Waals surface area contributed by atoms with Gasteiger partial charge in [0, 0.05) is 22.8 Å². The molecule has 2 heterocycles. The Bertz CT molecular complexity index is 1100. The van der Waals surface area contributed by atoms with Gasteiger partial charge in [0.25, 0.3) is 0 Å². The van der Waals surface area contributed by atoms with E-state index >= 15 is 0 Å². The number of thiophene rings is 1. The molecule has 4 nitrogen and oxygen atoms in total. The smallest absolute Gasteiger partial charge is 0.346 e. The Kier molecular flexibility index (Phi) is 4.55. The first-order valence-electron chi connectivity index (χ1n) is 9.19. The summed E-state index contributed by atoms with van der Waals surface area (Å²) in [4.78, 5) is 25.8. The first-order valence-corrected chi connectivity index (χ1v) is 10.0. The molecular weight excluding hydrogens is 370 g/mol. The third-order valence-corrected chi connectivity index (χ3v) is 6.54. The summed E-state index contributed by atoms with van der Waals surface area (Å²) in [6.07, 6.45) is 0.324. The zero-order chi connectivity index (χ0) is 20.0. The lowest BCUT2D eigenvalue weighted by molar-refractivity contribution is -0.116. The Hall–Kier alpha value is -2.92. The molecule has 28 heavy (non-hydrogen) atoms. The summed E-state index contributed by atoms with van der Waals surface area (Å²) in [5, 5.41) is 12.8. The number of aryl methyl sites for hydroxylation is 3. The van der Waals surface area contributed by atoms with Gasteiger partial charge in [0.15, 0.2) is 0 Å². The maximum atomic E-state index is 12.6. The maximum Gasteiger partial charge on any atom is 0.346 e. The van der Waals surface area contributed by atoms with Crippen molar-refractivity contribution < 1.29 is 14.7 Å². The van der Waals surface area contributed by atoms with Crippen LogP contribution in [0.1, 0.15) is 49.1 Å². The highest BCUT2D eigenvalue weighted by molar-refractivity contribution is 7.15. The Morgan fingerprint density at radius 1 is 1.07 bits per heavy atom. The lowest BCUT2D eigenvalue weighted by Gasteiger charge is -2.25. The number of rotatable bonds is 3. The topological polar surface area (TPSA) is 66.4 Å². The van der Waals surface area contributed by atoms with E-state index in [1.54, 1.807) is 0 Å². The minimum Gasteiger partial charge on any atom is -0.477 e. The van der Waals surface area contributed by atoms with Crippen molar-refractivity contribution in [3.63, 3.8) is 0 Å². The van der Waals surface area contributed by atoms with Gasteiger partial charge in [-0.3, -0.25) is 4.79 Å². The summed E-state index contributed by atoms with van der Waals surface area (Å²) in [6, 6.07) is 14.0. The van der Waals surface area contributed by atoms with Crippen molar-refractivity contribution in [3.8, 4) is 11.1 Å². The zero-order valence-corrected chi connectivity index (χ0v) is 16.8. The van der Waals surface area contributed by atoms with Gasteiger partial charge in [-0.25, -0.2) is 4.79 Å². The fraction of sp³-hybridized carbons (Fsp3) is 0.217. The van der Waals surface area contributed by atoms with E-state index in [4.69, 9.17) is 0 Å². The van der Waals surface area contributed by atoms with Gasteiger partial charge in [-0.1, -0.05) is 53.6 Å².